The van der Waals surface area contributed by atoms with Gasteiger partial charge >= 0.3 is 57.5 Å². The molecule has 0 saturated carbocycles. The summed E-state index contributed by atoms with van der Waals surface area (Å²) in [5, 5.41) is 15.3. The van der Waals surface area contributed by atoms with Gasteiger partial charge in [0.15, 0.2) is 0 Å². The molecule has 20 heavy (non-hydrogen) atoms. The van der Waals surface area contributed by atoms with Crippen LogP contribution in [0.2, 0.25) is 0 Å². The summed E-state index contributed by atoms with van der Waals surface area (Å²) in [6.45, 7) is 5.85. The van der Waals surface area contributed by atoms with Crippen molar-refractivity contribution in [3.05, 3.63) is 18.0 Å². The quantitative estimate of drug-likeness (QED) is 0.514. The Balaban J connectivity index is 0.00000200. The van der Waals surface area contributed by atoms with Gasteiger partial charge in [-0.1, -0.05) is 0 Å². The SMILES string of the molecule is CC(C)(C)OC(=O)N1CCn2nccc2C1C(=O)[O-].[K+]. The van der Waals surface area contributed by atoms with Crippen LogP contribution in [0, 0.1) is 0 Å². The Labute approximate surface area is 159 Å². The molecule has 2 heterocycles. The van der Waals surface area contributed by atoms with E-state index in [-0.39, 0.29) is 57.9 Å². The van der Waals surface area contributed by atoms with Crippen LogP contribution in [0.3, 0.4) is 0 Å². The van der Waals surface area contributed by atoms with Crippen molar-refractivity contribution in [2.24, 2.45) is 0 Å². The van der Waals surface area contributed by atoms with Crippen molar-refractivity contribution in [3.8, 4) is 0 Å². The minimum Gasteiger partial charge on any atom is -0.547 e. The number of carbonyl (C=O) groups is 2. The monoisotopic (exact) mass is 305 g/mol. The molecule has 0 bridgehead atoms. The molecule has 0 radical (unpaired) electrons. The molecule has 0 aromatic carbocycles. The fourth-order valence-corrected chi connectivity index (χ4v) is 2.02. The number of ether oxygens (including phenoxy) is 1. The second-order valence-electron chi connectivity index (χ2n) is 5.37. The van der Waals surface area contributed by atoms with Gasteiger partial charge in [0, 0.05) is 12.7 Å². The van der Waals surface area contributed by atoms with E-state index in [0.29, 0.717) is 12.2 Å². The maximum absolute atomic E-state index is 12.0. The molecule has 7 nitrogen and oxygen atoms in total. The molecule has 8 heteroatoms. The van der Waals surface area contributed by atoms with Crippen molar-refractivity contribution in [3.63, 3.8) is 0 Å². The molecule has 1 atom stereocenters. The number of nitrogens with zero attached hydrogens (tertiary/aromatic N) is 3. The van der Waals surface area contributed by atoms with Gasteiger partial charge in [-0.2, -0.15) is 5.10 Å². The van der Waals surface area contributed by atoms with Gasteiger partial charge in [-0.05, 0) is 26.8 Å². The van der Waals surface area contributed by atoms with Gasteiger partial charge in [-0.15, -0.1) is 0 Å². The molecule has 1 aromatic rings. The fourth-order valence-electron chi connectivity index (χ4n) is 2.02. The molecule has 1 unspecified atom stereocenters. The van der Waals surface area contributed by atoms with Crippen LogP contribution in [0.4, 0.5) is 4.79 Å². The summed E-state index contributed by atoms with van der Waals surface area (Å²) in [6.07, 6.45) is 0.846. The molecular formula is C12H16KN3O4. The smallest absolute Gasteiger partial charge is 0.547 e. The predicted octanol–water partition coefficient (Wildman–Crippen LogP) is -3.07. The first kappa shape index (κ1) is 17.6. The van der Waals surface area contributed by atoms with Crippen molar-refractivity contribution in [2.75, 3.05) is 6.54 Å². The molecular weight excluding hydrogens is 289 g/mol. The molecule has 0 fully saturated rings. The molecule has 0 N–H and O–H groups in total. The van der Waals surface area contributed by atoms with Crippen LogP contribution < -0.4 is 56.5 Å². The number of fused-ring (bicyclic) bond motifs is 1. The van der Waals surface area contributed by atoms with Crippen molar-refractivity contribution in [1.29, 1.82) is 0 Å². The molecule has 2 rings (SSSR count). The van der Waals surface area contributed by atoms with Gasteiger partial charge in [0.25, 0.3) is 0 Å². The molecule has 1 aliphatic heterocycles. The number of hydrogen-bond acceptors (Lipinski definition) is 5. The van der Waals surface area contributed by atoms with Gasteiger partial charge in [0.05, 0.1) is 18.2 Å². The molecule has 1 aliphatic rings. The zero-order valence-electron chi connectivity index (χ0n) is 12.1. The number of amides is 1. The van der Waals surface area contributed by atoms with Crippen LogP contribution in [0.5, 0.6) is 0 Å². The van der Waals surface area contributed by atoms with Gasteiger partial charge in [-0.3, -0.25) is 9.58 Å². The van der Waals surface area contributed by atoms with Crippen molar-refractivity contribution >= 4 is 12.1 Å². The fraction of sp³-hybridized carbons (Fsp3) is 0.583. The van der Waals surface area contributed by atoms with Gasteiger partial charge in [0.1, 0.15) is 11.6 Å². The zero-order chi connectivity index (χ0) is 14.2. The third-order valence-electron chi connectivity index (χ3n) is 2.75. The van der Waals surface area contributed by atoms with Crippen molar-refractivity contribution in [1.82, 2.24) is 14.7 Å². The Kier molecular flexibility index (Phi) is 5.79. The van der Waals surface area contributed by atoms with E-state index in [0.717, 1.165) is 4.90 Å². The number of carbonyl (C=O) groups excluding carboxylic acids is 2. The van der Waals surface area contributed by atoms with Crippen molar-refractivity contribution in [2.45, 2.75) is 39.0 Å². The summed E-state index contributed by atoms with van der Waals surface area (Å²) in [6, 6.07) is 0.405. The summed E-state index contributed by atoms with van der Waals surface area (Å²) >= 11 is 0. The molecule has 0 spiro atoms. The maximum Gasteiger partial charge on any atom is 1.00 e. The van der Waals surface area contributed by atoms with Crippen LogP contribution in [0.1, 0.15) is 32.5 Å². The standard InChI is InChI=1S/C12H17N3O4.K/c1-12(2,3)19-11(18)14-6-7-15-8(4-5-13-15)9(14)10(16)17;/h4-5,9H,6-7H2,1-3H3,(H,16,17);/q;+1/p-1. The number of aliphatic carboxylic acids is 1. The summed E-state index contributed by atoms with van der Waals surface area (Å²) < 4.78 is 6.77. The first-order valence-corrected chi connectivity index (χ1v) is 6.02. The van der Waals surface area contributed by atoms with E-state index < -0.39 is 23.7 Å². The summed E-state index contributed by atoms with van der Waals surface area (Å²) in [7, 11) is 0. The minimum absolute atomic E-state index is 0. The number of carboxylic acid groups (broad SMARTS) is 1. The van der Waals surface area contributed by atoms with Crippen LogP contribution in [-0.4, -0.2) is 38.9 Å². The Morgan fingerprint density at radius 3 is 2.60 bits per heavy atom. The third kappa shape index (κ3) is 3.82. The zero-order valence-corrected chi connectivity index (χ0v) is 15.2. The molecule has 0 aliphatic carbocycles. The third-order valence-corrected chi connectivity index (χ3v) is 2.75. The van der Waals surface area contributed by atoms with Crippen LogP contribution in [0.15, 0.2) is 12.3 Å². The Morgan fingerprint density at radius 1 is 1.40 bits per heavy atom. The first-order chi connectivity index (χ1) is 8.79. The van der Waals surface area contributed by atoms with Crippen LogP contribution in [0.25, 0.3) is 0 Å². The van der Waals surface area contributed by atoms with Crippen molar-refractivity contribution < 1.29 is 70.8 Å². The van der Waals surface area contributed by atoms with E-state index in [1.165, 1.54) is 6.20 Å². The van der Waals surface area contributed by atoms with Gasteiger partial charge in [0.2, 0.25) is 0 Å². The van der Waals surface area contributed by atoms with E-state index >= 15 is 0 Å². The average Bonchev–Trinajstić information content (AvgIpc) is 2.72. The second-order valence-corrected chi connectivity index (χ2v) is 5.37. The van der Waals surface area contributed by atoms with E-state index in [1.54, 1.807) is 31.5 Å². The first-order valence-electron chi connectivity index (χ1n) is 6.02. The summed E-state index contributed by atoms with van der Waals surface area (Å²) in [4.78, 5) is 24.5. The Morgan fingerprint density at radius 2 is 2.05 bits per heavy atom. The van der Waals surface area contributed by atoms with Gasteiger partial charge in [-0.25, -0.2) is 4.79 Å². The topological polar surface area (TPSA) is 87.5 Å². The largest absolute Gasteiger partial charge is 1.00 e. The molecule has 1 aromatic heterocycles. The van der Waals surface area contributed by atoms with Crippen LogP contribution in [-0.2, 0) is 16.1 Å². The van der Waals surface area contributed by atoms with E-state index in [9.17, 15) is 14.7 Å². The number of carboxylic acids is 1. The average molecular weight is 305 g/mol. The maximum atomic E-state index is 12.0. The molecule has 104 valence electrons. The Hall–Kier alpha value is -0.414. The second kappa shape index (κ2) is 6.57. The van der Waals surface area contributed by atoms with Crippen LogP contribution >= 0.6 is 0 Å². The summed E-state index contributed by atoms with van der Waals surface area (Å²) in [5.41, 5.74) is -0.247. The predicted molar refractivity (Wildman–Crippen MR) is 62.9 cm³/mol. The van der Waals surface area contributed by atoms with E-state index in [2.05, 4.69) is 5.10 Å². The Bertz CT molecular complexity index is 509. The van der Waals surface area contributed by atoms with E-state index in [4.69, 9.17) is 4.74 Å². The molecule has 0 saturated heterocycles. The number of aromatic nitrogens is 2. The minimum atomic E-state index is -1.34. The van der Waals surface area contributed by atoms with E-state index in [1.807, 2.05) is 0 Å². The number of hydrogen-bond donors (Lipinski definition) is 0. The normalized spacial score (nSPS) is 17.9. The molecule has 1 amide bonds. The van der Waals surface area contributed by atoms with Gasteiger partial charge < -0.3 is 14.6 Å². The number of rotatable bonds is 1. The summed E-state index contributed by atoms with van der Waals surface area (Å²) in [5.74, 6) is -1.34.